The third-order valence-electron chi connectivity index (χ3n) is 7.62. The third-order valence-corrected chi connectivity index (χ3v) is 10.1. The Morgan fingerprint density at radius 1 is 0.787 bits per heavy atom. The number of nitrogens with one attached hydrogen (secondary N) is 1. The van der Waals surface area contributed by atoms with Gasteiger partial charge in [0.05, 0.1) is 10.6 Å². The van der Waals surface area contributed by atoms with Crippen LogP contribution < -0.4 is 9.62 Å². The lowest BCUT2D eigenvalue weighted by atomic mass is 10.0. The Hall–Kier alpha value is -3.85. The number of hydrogen-bond acceptors (Lipinski definition) is 4. The summed E-state index contributed by atoms with van der Waals surface area (Å²) in [5.41, 5.74) is 2.01. The number of amides is 2. The van der Waals surface area contributed by atoms with Gasteiger partial charge < -0.3 is 10.2 Å². The van der Waals surface area contributed by atoms with E-state index in [2.05, 4.69) is 5.32 Å². The van der Waals surface area contributed by atoms with Crippen molar-refractivity contribution in [3.63, 3.8) is 0 Å². The predicted octanol–water partition coefficient (Wildman–Crippen LogP) is 7.87. The Bertz CT molecular complexity index is 1760. The van der Waals surface area contributed by atoms with E-state index in [1.54, 1.807) is 48.5 Å². The molecule has 0 unspecified atom stereocenters. The van der Waals surface area contributed by atoms with Crippen LogP contribution in [0.5, 0.6) is 0 Å². The molecule has 1 N–H and O–H groups in total. The van der Waals surface area contributed by atoms with E-state index in [9.17, 15) is 18.0 Å². The summed E-state index contributed by atoms with van der Waals surface area (Å²) in [6.45, 7) is 8.96. The van der Waals surface area contributed by atoms with Crippen molar-refractivity contribution in [2.75, 3.05) is 10.8 Å². The van der Waals surface area contributed by atoms with Crippen LogP contribution in [0.2, 0.25) is 10.0 Å². The molecule has 10 heteroatoms. The average molecular weight is 695 g/mol. The first kappa shape index (κ1) is 36.0. The van der Waals surface area contributed by atoms with E-state index in [-0.39, 0.29) is 23.8 Å². The van der Waals surface area contributed by atoms with Crippen LogP contribution >= 0.6 is 23.2 Å². The lowest BCUT2D eigenvalue weighted by Crippen LogP contribution is -2.56. The van der Waals surface area contributed by atoms with Gasteiger partial charge in [0.25, 0.3) is 10.0 Å². The Balaban J connectivity index is 1.85. The summed E-state index contributed by atoms with van der Waals surface area (Å²) in [7, 11) is -4.21. The van der Waals surface area contributed by atoms with Crippen LogP contribution in [0.3, 0.4) is 0 Å². The normalized spacial score (nSPS) is 12.4. The fourth-order valence-corrected chi connectivity index (χ4v) is 7.09. The van der Waals surface area contributed by atoms with Gasteiger partial charge >= 0.3 is 0 Å². The van der Waals surface area contributed by atoms with Crippen LogP contribution in [0, 0.1) is 0 Å². The van der Waals surface area contributed by atoms with Crippen LogP contribution in [0.25, 0.3) is 0 Å². The lowest BCUT2D eigenvalue weighted by Gasteiger charge is -2.35. The fourth-order valence-electron chi connectivity index (χ4n) is 5.13. The van der Waals surface area contributed by atoms with Crippen LogP contribution in [-0.4, -0.2) is 43.3 Å². The average Bonchev–Trinajstić information content (AvgIpc) is 3.02. The smallest absolute Gasteiger partial charge is 0.264 e. The van der Waals surface area contributed by atoms with Gasteiger partial charge in [0, 0.05) is 34.1 Å². The molecular weight excluding hydrogens is 653 g/mol. The zero-order chi connectivity index (χ0) is 34.4. The fraction of sp³-hybridized carbons (Fsp3) is 0.297. The molecule has 4 rings (SSSR count). The van der Waals surface area contributed by atoms with Crippen LogP contribution in [0.1, 0.15) is 57.2 Å². The topological polar surface area (TPSA) is 86.8 Å². The van der Waals surface area contributed by atoms with E-state index in [1.165, 1.54) is 17.0 Å². The molecule has 1 atom stereocenters. The van der Waals surface area contributed by atoms with E-state index < -0.39 is 40.0 Å². The molecule has 0 spiro atoms. The minimum atomic E-state index is -4.21. The van der Waals surface area contributed by atoms with E-state index in [1.807, 2.05) is 77.1 Å². The maximum absolute atomic E-state index is 14.7. The molecule has 4 aromatic rings. The highest BCUT2D eigenvalue weighted by Crippen LogP contribution is 2.30. The monoisotopic (exact) mass is 693 g/mol. The number of benzene rings is 4. The van der Waals surface area contributed by atoms with Crippen LogP contribution in [0.4, 0.5) is 5.69 Å². The molecule has 47 heavy (non-hydrogen) atoms. The maximum Gasteiger partial charge on any atom is 0.264 e. The van der Waals surface area contributed by atoms with Gasteiger partial charge in [-0.15, -0.1) is 0 Å². The Morgan fingerprint density at radius 2 is 1.34 bits per heavy atom. The minimum absolute atomic E-state index is 0.0349. The first-order chi connectivity index (χ1) is 22.2. The van der Waals surface area contributed by atoms with E-state index in [0.29, 0.717) is 21.3 Å². The second-order valence-electron chi connectivity index (χ2n) is 12.7. The SMILES string of the molecule is CC(C)c1ccc(N(CC(=O)N(Cc2c(Cl)cccc2Cl)[C@H](Cc2ccccc2)C(=O)NC(C)(C)C)S(=O)(=O)c2ccccc2)cc1. The van der Waals surface area contributed by atoms with Crippen molar-refractivity contribution in [3.05, 3.63) is 130 Å². The first-order valence-corrected chi connectivity index (χ1v) is 17.6. The second kappa shape index (κ2) is 15.4. The molecule has 0 saturated heterocycles. The molecule has 0 fully saturated rings. The summed E-state index contributed by atoms with van der Waals surface area (Å²) >= 11 is 13.2. The molecule has 0 aliphatic carbocycles. The van der Waals surface area contributed by atoms with E-state index in [0.717, 1.165) is 15.4 Å². The highest BCUT2D eigenvalue weighted by atomic mass is 35.5. The van der Waals surface area contributed by atoms with Crippen molar-refractivity contribution in [1.29, 1.82) is 0 Å². The quantitative estimate of drug-likeness (QED) is 0.164. The molecule has 248 valence electrons. The molecular formula is C37H41Cl2N3O4S. The summed E-state index contributed by atoms with van der Waals surface area (Å²) in [6, 6.07) is 28.4. The van der Waals surface area contributed by atoms with Crippen LogP contribution in [0.15, 0.2) is 108 Å². The summed E-state index contributed by atoms with van der Waals surface area (Å²) in [5, 5.41) is 3.66. The zero-order valence-corrected chi connectivity index (χ0v) is 29.6. The highest BCUT2D eigenvalue weighted by molar-refractivity contribution is 7.92. The Labute approximate surface area is 288 Å². The number of sulfonamides is 1. The van der Waals surface area contributed by atoms with Gasteiger partial charge in [0.2, 0.25) is 11.8 Å². The second-order valence-corrected chi connectivity index (χ2v) is 15.4. The number of nitrogens with zero attached hydrogens (tertiary/aromatic N) is 2. The maximum atomic E-state index is 14.7. The van der Waals surface area contributed by atoms with Crippen molar-refractivity contribution in [1.82, 2.24) is 10.2 Å². The number of carbonyl (C=O) groups is 2. The number of anilines is 1. The molecule has 0 saturated carbocycles. The number of carbonyl (C=O) groups excluding carboxylic acids is 2. The molecule has 4 aromatic carbocycles. The standard InChI is InChI=1S/C37H41Cl2N3O4S/c1-26(2)28-19-21-29(22-20-28)42(47(45,46)30-15-10-7-11-16-30)25-35(43)41(24-31-32(38)17-12-18-33(31)39)34(36(44)40-37(3,4)5)23-27-13-8-6-9-14-27/h6-22,26,34H,23-25H2,1-5H3,(H,40,44)/t34-/m1/s1. The predicted molar refractivity (Wildman–Crippen MR) is 190 cm³/mol. The number of halogens is 2. The molecule has 0 radical (unpaired) electrons. The Morgan fingerprint density at radius 3 is 1.87 bits per heavy atom. The van der Waals surface area contributed by atoms with Gasteiger partial charge in [0.1, 0.15) is 12.6 Å². The van der Waals surface area contributed by atoms with Crippen molar-refractivity contribution < 1.29 is 18.0 Å². The summed E-state index contributed by atoms with van der Waals surface area (Å²) in [6.07, 6.45) is 0.172. The largest absolute Gasteiger partial charge is 0.350 e. The molecule has 0 aromatic heterocycles. The molecule has 2 amide bonds. The van der Waals surface area contributed by atoms with Crippen LogP contribution in [-0.2, 0) is 32.6 Å². The Kier molecular flexibility index (Phi) is 11.8. The third kappa shape index (κ3) is 9.37. The first-order valence-electron chi connectivity index (χ1n) is 15.4. The number of hydrogen-bond donors (Lipinski definition) is 1. The summed E-state index contributed by atoms with van der Waals surface area (Å²) in [4.78, 5) is 30.1. The summed E-state index contributed by atoms with van der Waals surface area (Å²) in [5.74, 6) is -0.768. The highest BCUT2D eigenvalue weighted by Gasteiger charge is 2.36. The van der Waals surface area contributed by atoms with Gasteiger partial charge in [-0.2, -0.15) is 0 Å². The van der Waals surface area contributed by atoms with Crippen molar-refractivity contribution in [2.45, 2.75) is 70.0 Å². The van der Waals surface area contributed by atoms with Gasteiger partial charge in [-0.05, 0) is 74.2 Å². The molecule has 0 aliphatic heterocycles. The van der Waals surface area contributed by atoms with Crippen molar-refractivity contribution >= 4 is 50.7 Å². The van der Waals surface area contributed by atoms with Gasteiger partial charge in [0.15, 0.2) is 0 Å². The molecule has 0 aliphatic rings. The van der Waals surface area contributed by atoms with Crippen molar-refractivity contribution in [3.8, 4) is 0 Å². The van der Waals surface area contributed by atoms with E-state index >= 15 is 0 Å². The zero-order valence-electron chi connectivity index (χ0n) is 27.3. The molecule has 0 bridgehead atoms. The van der Waals surface area contributed by atoms with Crippen molar-refractivity contribution in [2.24, 2.45) is 0 Å². The molecule has 7 nitrogen and oxygen atoms in total. The number of rotatable bonds is 12. The summed E-state index contributed by atoms with van der Waals surface area (Å²) < 4.78 is 29.5. The minimum Gasteiger partial charge on any atom is -0.350 e. The lowest BCUT2D eigenvalue weighted by molar-refractivity contribution is -0.140. The van der Waals surface area contributed by atoms with E-state index in [4.69, 9.17) is 23.2 Å². The molecule has 0 heterocycles. The van der Waals surface area contributed by atoms with Gasteiger partial charge in [-0.3, -0.25) is 13.9 Å². The van der Waals surface area contributed by atoms with Gasteiger partial charge in [-0.1, -0.05) is 104 Å². The van der Waals surface area contributed by atoms with Gasteiger partial charge in [-0.25, -0.2) is 8.42 Å².